The van der Waals surface area contributed by atoms with Crippen LogP contribution in [0, 0.1) is 5.92 Å². The average molecular weight is 299 g/mol. The molecule has 0 spiro atoms. The second kappa shape index (κ2) is 4.85. The minimum Gasteiger partial charge on any atom is -0.367 e. The maximum absolute atomic E-state index is 11.8. The number of nitrogens with zero attached hydrogens (tertiary/aromatic N) is 2. The predicted octanol–water partition coefficient (Wildman–Crippen LogP) is 3.52. The number of fused-ring (bicyclic) bond motifs is 4. The summed E-state index contributed by atoms with van der Waals surface area (Å²) in [4.78, 5) is 18.4. The fraction of sp³-hybridized carbons (Fsp3) is 0.294. The van der Waals surface area contributed by atoms with Crippen LogP contribution in [0.5, 0.6) is 0 Å². The molecule has 0 amide bonds. The Bertz CT molecular complexity index is 768. The molecule has 106 valence electrons. The van der Waals surface area contributed by atoms with Gasteiger partial charge in [0.25, 0.3) is 0 Å². The number of rotatable bonds is 1. The third-order valence-electron chi connectivity index (χ3n) is 4.49. The van der Waals surface area contributed by atoms with Gasteiger partial charge in [-0.3, -0.25) is 9.78 Å². The second-order valence-electron chi connectivity index (χ2n) is 5.75. The number of pyridine rings is 1. The van der Waals surface area contributed by atoms with Crippen molar-refractivity contribution >= 4 is 34.4 Å². The minimum atomic E-state index is 0.220. The number of hydrogen-bond donors (Lipinski definition) is 0. The smallest absolute Gasteiger partial charge is 0.155 e. The molecule has 1 unspecified atom stereocenters. The summed E-state index contributed by atoms with van der Waals surface area (Å²) in [5.74, 6) is 0.610. The van der Waals surface area contributed by atoms with Crippen LogP contribution in [-0.4, -0.2) is 28.8 Å². The van der Waals surface area contributed by atoms with Crippen LogP contribution in [0.15, 0.2) is 36.2 Å². The Morgan fingerprint density at radius 3 is 3.00 bits per heavy atom. The number of ketones is 1. The first-order valence-electron chi connectivity index (χ1n) is 7.24. The Hall–Kier alpha value is -1.87. The minimum absolute atomic E-state index is 0.220. The van der Waals surface area contributed by atoms with Crippen LogP contribution in [0.25, 0.3) is 17.0 Å². The van der Waals surface area contributed by atoms with Crippen molar-refractivity contribution in [1.82, 2.24) is 9.88 Å². The van der Waals surface area contributed by atoms with Crippen molar-refractivity contribution < 1.29 is 4.79 Å². The van der Waals surface area contributed by atoms with Crippen LogP contribution in [-0.2, 0) is 4.79 Å². The van der Waals surface area contributed by atoms with E-state index < -0.39 is 0 Å². The van der Waals surface area contributed by atoms with E-state index in [4.69, 9.17) is 11.6 Å². The molecule has 3 saturated heterocycles. The van der Waals surface area contributed by atoms with E-state index >= 15 is 0 Å². The molecular formula is C17H15ClN2O. The molecule has 0 saturated carbocycles. The first-order chi connectivity index (χ1) is 10.2. The van der Waals surface area contributed by atoms with Crippen molar-refractivity contribution in [2.45, 2.75) is 12.8 Å². The molecule has 0 radical (unpaired) electrons. The van der Waals surface area contributed by atoms with E-state index in [-0.39, 0.29) is 5.92 Å². The van der Waals surface area contributed by atoms with Crippen molar-refractivity contribution in [2.75, 3.05) is 13.1 Å². The zero-order valence-electron chi connectivity index (χ0n) is 11.6. The molecule has 4 heteroatoms. The highest BCUT2D eigenvalue weighted by Crippen LogP contribution is 2.34. The summed E-state index contributed by atoms with van der Waals surface area (Å²) in [6.07, 6.45) is 5.85. The van der Waals surface area contributed by atoms with Gasteiger partial charge in [0.15, 0.2) is 5.78 Å². The molecular weight excluding hydrogens is 284 g/mol. The number of hydrogen-bond acceptors (Lipinski definition) is 3. The number of carbonyl (C=O) groups is 1. The van der Waals surface area contributed by atoms with Crippen molar-refractivity contribution in [3.05, 3.63) is 46.7 Å². The molecule has 1 aromatic heterocycles. The van der Waals surface area contributed by atoms with E-state index in [0.29, 0.717) is 17.4 Å². The molecule has 0 aliphatic carbocycles. The van der Waals surface area contributed by atoms with Crippen molar-refractivity contribution in [3.8, 4) is 0 Å². The van der Waals surface area contributed by atoms with Crippen LogP contribution in [0.3, 0.4) is 0 Å². The van der Waals surface area contributed by atoms with E-state index in [1.165, 1.54) is 5.70 Å². The molecule has 2 aromatic rings. The van der Waals surface area contributed by atoms with Crippen LogP contribution in [0.4, 0.5) is 0 Å². The van der Waals surface area contributed by atoms with Gasteiger partial charge in [0, 0.05) is 29.7 Å². The van der Waals surface area contributed by atoms with Crippen molar-refractivity contribution in [2.24, 2.45) is 5.92 Å². The summed E-state index contributed by atoms with van der Waals surface area (Å²) in [7, 11) is 0. The molecule has 3 aliphatic rings. The molecule has 2 bridgehead atoms. The molecule has 3 fully saturated rings. The lowest BCUT2D eigenvalue weighted by atomic mass is 9.84. The van der Waals surface area contributed by atoms with Gasteiger partial charge < -0.3 is 4.90 Å². The number of para-hydroxylation sites is 1. The highest BCUT2D eigenvalue weighted by molar-refractivity contribution is 6.35. The number of halogens is 1. The molecule has 3 aliphatic heterocycles. The molecule has 4 heterocycles. The Balaban J connectivity index is 1.80. The lowest BCUT2D eigenvalue weighted by molar-refractivity contribution is -0.128. The Morgan fingerprint density at radius 1 is 1.33 bits per heavy atom. The number of carbonyl (C=O) groups excluding carboxylic acids is 1. The van der Waals surface area contributed by atoms with Crippen LogP contribution >= 0.6 is 11.6 Å². The number of aromatic nitrogens is 1. The third kappa shape index (κ3) is 2.12. The van der Waals surface area contributed by atoms with Gasteiger partial charge in [-0.2, -0.15) is 0 Å². The maximum atomic E-state index is 11.8. The van der Waals surface area contributed by atoms with Crippen LogP contribution < -0.4 is 0 Å². The van der Waals surface area contributed by atoms with E-state index in [1.807, 2.05) is 24.3 Å². The summed E-state index contributed by atoms with van der Waals surface area (Å²) >= 11 is 6.22. The van der Waals surface area contributed by atoms with Gasteiger partial charge in [-0.05, 0) is 36.6 Å². The lowest BCUT2D eigenvalue weighted by Gasteiger charge is -2.41. The maximum Gasteiger partial charge on any atom is 0.155 e. The summed E-state index contributed by atoms with van der Waals surface area (Å²) < 4.78 is 0. The molecule has 21 heavy (non-hydrogen) atoms. The SMILES string of the molecule is O=C1CN2CCC1CC2=Cc1ccnc2c(Cl)cccc12. The van der Waals surface area contributed by atoms with E-state index in [1.54, 1.807) is 6.20 Å². The van der Waals surface area contributed by atoms with Gasteiger partial charge in [0.1, 0.15) is 0 Å². The fourth-order valence-electron chi connectivity index (χ4n) is 3.33. The summed E-state index contributed by atoms with van der Waals surface area (Å²) in [6.45, 7) is 1.56. The number of piperidine rings is 3. The molecule has 3 nitrogen and oxygen atoms in total. The standard InChI is InChI=1S/C17H15ClN2O/c18-15-3-1-2-14-11(4-6-19-17(14)15)8-13-9-12-5-7-20(13)10-16(12)21/h1-4,6,8,12H,5,7,9-10H2. The first kappa shape index (κ1) is 12.8. The predicted molar refractivity (Wildman–Crippen MR) is 84.0 cm³/mol. The van der Waals surface area contributed by atoms with E-state index in [0.717, 1.165) is 35.9 Å². The number of allylic oxidation sites excluding steroid dienone is 1. The number of benzene rings is 1. The van der Waals surface area contributed by atoms with Gasteiger partial charge in [-0.25, -0.2) is 0 Å². The Morgan fingerprint density at radius 2 is 2.24 bits per heavy atom. The largest absolute Gasteiger partial charge is 0.367 e. The Labute approximate surface area is 128 Å². The Kier molecular flexibility index (Phi) is 2.96. The normalized spacial score (nSPS) is 23.3. The highest BCUT2D eigenvalue weighted by Gasteiger charge is 2.35. The summed E-state index contributed by atoms with van der Waals surface area (Å²) in [5.41, 5.74) is 3.22. The van der Waals surface area contributed by atoms with Crippen molar-refractivity contribution in [1.29, 1.82) is 0 Å². The van der Waals surface area contributed by atoms with Crippen molar-refractivity contribution in [3.63, 3.8) is 0 Å². The highest BCUT2D eigenvalue weighted by atomic mass is 35.5. The number of Topliss-reactive ketones (excluding diaryl/α,β-unsaturated/α-hetero) is 1. The lowest BCUT2D eigenvalue weighted by Crippen LogP contribution is -2.46. The van der Waals surface area contributed by atoms with Gasteiger partial charge in [-0.1, -0.05) is 23.7 Å². The van der Waals surface area contributed by atoms with Gasteiger partial charge in [-0.15, -0.1) is 0 Å². The van der Waals surface area contributed by atoms with Gasteiger partial charge >= 0.3 is 0 Å². The topological polar surface area (TPSA) is 33.2 Å². The molecule has 0 N–H and O–H groups in total. The molecule has 5 rings (SSSR count). The fourth-order valence-corrected chi connectivity index (χ4v) is 3.55. The monoisotopic (exact) mass is 298 g/mol. The zero-order chi connectivity index (χ0) is 14.4. The van der Waals surface area contributed by atoms with E-state index in [2.05, 4.69) is 16.0 Å². The zero-order valence-corrected chi connectivity index (χ0v) is 12.3. The summed E-state index contributed by atoms with van der Waals surface area (Å²) in [5, 5.41) is 1.74. The van der Waals surface area contributed by atoms with Crippen LogP contribution in [0.2, 0.25) is 5.02 Å². The molecule has 1 atom stereocenters. The first-order valence-corrected chi connectivity index (χ1v) is 7.61. The van der Waals surface area contributed by atoms with E-state index in [9.17, 15) is 4.79 Å². The third-order valence-corrected chi connectivity index (χ3v) is 4.79. The molecule has 1 aromatic carbocycles. The summed E-state index contributed by atoms with van der Waals surface area (Å²) in [6, 6.07) is 7.86. The average Bonchev–Trinajstić information content (AvgIpc) is 2.50. The van der Waals surface area contributed by atoms with Crippen LogP contribution in [0.1, 0.15) is 18.4 Å². The second-order valence-corrected chi connectivity index (χ2v) is 6.16. The quantitative estimate of drug-likeness (QED) is 0.807. The van der Waals surface area contributed by atoms with Gasteiger partial charge in [0.2, 0.25) is 0 Å². The van der Waals surface area contributed by atoms with Gasteiger partial charge in [0.05, 0.1) is 17.1 Å².